The summed E-state index contributed by atoms with van der Waals surface area (Å²) in [6, 6.07) is 8.13. The summed E-state index contributed by atoms with van der Waals surface area (Å²) in [6.07, 6.45) is -1.14. The summed E-state index contributed by atoms with van der Waals surface area (Å²) in [5.41, 5.74) is 0.667. The quantitative estimate of drug-likeness (QED) is 0.801. The fraction of sp³-hybridized carbons (Fsp3) is 0.526. The van der Waals surface area contributed by atoms with Crippen LogP contribution in [0.3, 0.4) is 0 Å². The summed E-state index contributed by atoms with van der Waals surface area (Å²) in [4.78, 5) is 38.1. The van der Waals surface area contributed by atoms with Crippen LogP contribution in [0.4, 0.5) is 0 Å². The summed E-state index contributed by atoms with van der Waals surface area (Å²) in [7, 11) is 0. The summed E-state index contributed by atoms with van der Waals surface area (Å²) in [6.45, 7) is 5.83. The van der Waals surface area contributed by atoms with Gasteiger partial charge in [0.2, 0.25) is 11.8 Å². The second-order valence-electron chi connectivity index (χ2n) is 7.03. The van der Waals surface area contributed by atoms with E-state index >= 15 is 0 Å². The number of carbonyl (C=O) groups excluding carboxylic acids is 2. The average molecular weight is 362 g/mol. The molecular formula is C19H26N2O5. The van der Waals surface area contributed by atoms with Gasteiger partial charge in [-0.05, 0) is 18.4 Å². The lowest BCUT2D eigenvalue weighted by Gasteiger charge is -2.37. The number of carboxylic acids is 1. The maximum absolute atomic E-state index is 13.1. The molecule has 0 bridgehead atoms. The second kappa shape index (κ2) is 8.80. The number of nitrogens with zero attached hydrogens (tertiary/aromatic N) is 1. The van der Waals surface area contributed by atoms with Crippen LogP contribution in [0, 0.1) is 5.92 Å². The van der Waals surface area contributed by atoms with Gasteiger partial charge in [-0.2, -0.15) is 0 Å². The molecule has 1 fully saturated rings. The fourth-order valence-corrected chi connectivity index (χ4v) is 2.97. The average Bonchev–Trinajstić information content (AvgIpc) is 2.58. The molecule has 1 heterocycles. The molecule has 0 aromatic heterocycles. The molecule has 0 aliphatic carbocycles. The van der Waals surface area contributed by atoms with Crippen LogP contribution >= 0.6 is 0 Å². The Morgan fingerprint density at radius 3 is 2.46 bits per heavy atom. The van der Waals surface area contributed by atoms with Crippen molar-refractivity contribution in [2.75, 3.05) is 13.1 Å². The van der Waals surface area contributed by atoms with Gasteiger partial charge in [0.1, 0.15) is 6.04 Å². The highest BCUT2D eigenvalue weighted by molar-refractivity contribution is 5.89. The van der Waals surface area contributed by atoms with Crippen molar-refractivity contribution in [3.63, 3.8) is 0 Å². The molecule has 2 rings (SSSR count). The number of morpholine rings is 1. The number of carbonyl (C=O) groups is 3. The van der Waals surface area contributed by atoms with E-state index in [1.54, 1.807) is 31.2 Å². The van der Waals surface area contributed by atoms with Gasteiger partial charge in [-0.25, -0.2) is 4.79 Å². The van der Waals surface area contributed by atoms with Gasteiger partial charge in [-0.1, -0.05) is 44.2 Å². The molecular weight excluding hydrogens is 336 g/mol. The zero-order valence-electron chi connectivity index (χ0n) is 15.3. The Bertz CT molecular complexity index is 647. The highest BCUT2D eigenvalue weighted by Crippen LogP contribution is 2.20. The second-order valence-corrected chi connectivity index (χ2v) is 7.03. The Morgan fingerprint density at radius 2 is 1.88 bits per heavy atom. The van der Waals surface area contributed by atoms with Gasteiger partial charge < -0.3 is 20.1 Å². The van der Waals surface area contributed by atoms with E-state index in [2.05, 4.69) is 5.32 Å². The molecule has 2 unspecified atom stereocenters. The van der Waals surface area contributed by atoms with Crippen LogP contribution < -0.4 is 5.32 Å². The maximum atomic E-state index is 13.1. The largest absolute Gasteiger partial charge is 0.479 e. The van der Waals surface area contributed by atoms with E-state index in [4.69, 9.17) is 4.74 Å². The van der Waals surface area contributed by atoms with E-state index in [1.807, 2.05) is 19.9 Å². The zero-order chi connectivity index (χ0) is 19.3. The third kappa shape index (κ3) is 5.29. The molecule has 1 saturated heterocycles. The first-order valence-electron chi connectivity index (χ1n) is 8.79. The predicted molar refractivity (Wildman–Crippen MR) is 95.3 cm³/mol. The lowest BCUT2D eigenvalue weighted by molar-refractivity contribution is -0.167. The van der Waals surface area contributed by atoms with E-state index in [-0.39, 0.29) is 30.8 Å². The SMILES string of the molecule is CC(C)CC(=O)NC(C(=O)N1CC(C(=O)O)O[C@H](C)C1)c1ccccc1. The van der Waals surface area contributed by atoms with Crippen LogP contribution in [0.15, 0.2) is 30.3 Å². The third-order valence-electron chi connectivity index (χ3n) is 4.13. The Hall–Kier alpha value is -2.41. The number of carboxylic acid groups (broad SMARTS) is 1. The number of nitrogens with one attached hydrogen (secondary N) is 1. The molecule has 0 radical (unpaired) electrons. The highest BCUT2D eigenvalue weighted by atomic mass is 16.5. The number of ether oxygens (including phenoxy) is 1. The predicted octanol–water partition coefficient (Wildman–Crippen LogP) is 1.59. The van der Waals surface area contributed by atoms with Crippen molar-refractivity contribution in [1.29, 1.82) is 0 Å². The highest BCUT2D eigenvalue weighted by Gasteiger charge is 2.36. The number of rotatable bonds is 6. The van der Waals surface area contributed by atoms with Gasteiger partial charge in [0, 0.05) is 13.0 Å². The van der Waals surface area contributed by atoms with Gasteiger partial charge in [0.05, 0.1) is 12.6 Å². The van der Waals surface area contributed by atoms with Gasteiger partial charge in [-0.3, -0.25) is 9.59 Å². The van der Waals surface area contributed by atoms with E-state index in [0.717, 1.165) is 0 Å². The first-order chi connectivity index (χ1) is 12.3. The number of benzene rings is 1. The normalized spacial score (nSPS) is 21.3. The van der Waals surface area contributed by atoms with E-state index in [9.17, 15) is 19.5 Å². The lowest BCUT2D eigenvalue weighted by Crippen LogP contribution is -2.54. The topological polar surface area (TPSA) is 95.9 Å². The van der Waals surface area contributed by atoms with Gasteiger partial charge in [0.15, 0.2) is 6.10 Å². The molecule has 7 heteroatoms. The summed E-state index contributed by atoms with van der Waals surface area (Å²) >= 11 is 0. The van der Waals surface area contributed by atoms with Crippen LogP contribution in [-0.4, -0.2) is 53.1 Å². The molecule has 0 saturated carbocycles. The molecule has 1 aliphatic rings. The van der Waals surface area contributed by atoms with E-state index < -0.39 is 24.2 Å². The van der Waals surface area contributed by atoms with Crippen LogP contribution in [-0.2, 0) is 19.1 Å². The van der Waals surface area contributed by atoms with Crippen molar-refractivity contribution >= 4 is 17.8 Å². The summed E-state index contributed by atoms with van der Waals surface area (Å²) < 4.78 is 5.37. The minimum absolute atomic E-state index is 0.0398. The first-order valence-corrected chi connectivity index (χ1v) is 8.79. The van der Waals surface area contributed by atoms with Crippen LogP contribution in [0.2, 0.25) is 0 Å². The third-order valence-corrected chi connectivity index (χ3v) is 4.13. The number of hydrogen-bond donors (Lipinski definition) is 2. The van der Waals surface area contributed by atoms with Crippen molar-refractivity contribution in [3.05, 3.63) is 35.9 Å². The standard InChI is InChI=1S/C19H26N2O5/c1-12(2)9-16(22)20-17(14-7-5-4-6-8-14)18(23)21-10-13(3)26-15(11-21)19(24)25/h4-8,12-13,15,17H,9-11H2,1-3H3,(H,20,22)(H,24,25)/t13-,15?,17?/m1/s1. The van der Waals surface area contributed by atoms with Crippen LogP contribution in [0.5, 0.6) is 0 Å². The lowest BCUT2D eigenvalue weighted by atomic mass is 10.0. The van der Waals surface area contributed by atoms with Crippen molar-refractivity contribution < 1.29 is 24.2 Å². The molecule has 142 valence electrons. The summed E-state index contributed by atoms with van der Waals surface area (Å²) in [5.74, 6) is -1.47. The van der Waals surface area contributed by atoms with Crippen molar-refractivity contribution in [2.24, 2.45) is 5.92 Å². The van der Waals surface area contributed by atoms with Crippen molar-refractivity contribution in [3.8, 4) is 0 Å². The van der Waals surface area contributed by atoms with Crippen LogP contribution in [0.25, 0.3) is 0 Å². The fourth-order valence-electron chi connectivity index (χ4n) is 2.97. The van der Waals surface area contributed by atoms with Crippen LogP contribution in [0.1, 0.15) is 38.8 Å². The van der Waals surface area contributed by atoms with Gasteiger partial charge >= 0.3 is 5.97 Å². The molecule has 1 aromatic rings. The molecule has 2 amide bonds. The summed E-state index contributed by atoms with van der Waals surface area (Å²) in [5, 5.41) is 12.0. The number of hydrogen-bond acceptors (Lipinski definition) is 4. The Balaban J connectivity index is 2.22. The van der Waals surface area contributed by atoms with Gasteiger partial charge in [-0.15, -0.1) is 0 Å². The monoisotopic (exact) mass is 362 g/mol. The van der Waals surface area contributed by atoms with E-state index in [0.29, 0.717) is 12.0 Å². The Labute approximate surface area is 153 Å². The molecule has 26 heavy (non-hydrogen) atoms. The van der Waals surface area contributed by atoms with E-state index in [1.165, 1.54) is 4.90 Å². The minimum atomic E-state index is -1.10. The van der Waals surface area contributed by atoms with Crippen molar-refractivity contribution in [1.82, 2.24) is 10.2 Å². The molecule has 1 aliphatic heterocycles. The Morgan fingerprint density at radius 1 is 1.23 bits per heavy atom. The number of aliphatic carboxylic acids is 1. The Kier molecular flexibility index (Phi) is 6.74. The maximum Gasteiger partial charge on any atom is 0.334 e. The molecule has 7 nitrogen and oxygen atoms in total. The zero-order valence-corrected chi connectivity index (χ0v) is 15.3. The molecule has 2 N–H and O–H groups in total. The van der Waals surface area contributed by atoms with Gasteiger partial charge in [0.25, 0.3) is 0 Å². The van der Waals surface area contributed by atoms with Crippen molar-refractivity contribution in [2.45, 2.75) is 45.4 Å². The number of amides is 2. The molecule has 3 atom stereocenters. The molecule has 0 spiro atoms. The first kappa shape index (κ1) is 19.9. The smallest absolute Gasteiger partial charge is 0.334 e. The minimum Gasteiger partial charge on any atom is -0.479 e. The molecule has 1 aromatic carbocycles.